The minimum absolute atomic E-state index is 0.0637. The van der Waals surface area contributed by atoms with Crippen LogP contribution in [0, 0.1) is 0 Å². The van der Waals surface area contributed by atoms with Crippen molar-refractivity contribution in [3.8, 4) is 0 Å². The van der Waals surface area contributed by atoms with Crippen molar-refractivity contribution in [1.82, 2.24) is 5.32 Å². The Bertz CT molecular complexity index is 1530. The van der Waals surface area contributed by atoms with Crippen molar-refractivity contribution in [2.24, 2.45) is 0 Å². The monoisotopic (exact) mass is 1220 g/mol. The van der Waals surface area contributed by atoms with Crippen LogP contribution in [0.5, 0.6) is 0 Å². The molecule has 3 N–H and O–H groups in total. The molecule has 0 aromatic heterocycles. The van der Waals surface area contributed by atoms with Crippen LogP contribution in [0.4, 0.5) is 0 Å². The number of unbranched alkanes of at least 4 members (excludes halogenated alkanes) is 51. The molecule has 0 spiro atoms. The number of rotatable bonds is 70. The van der Waals surface area contributed by atoms with Gasteiger partial charge in [-0.25, -0.2) is 4.57 Å². The zero-order valence-corrected chi connectivity index (χ0v) is 58.5. The Labute approximate surface area is 530 Å². The van der Waals surface area contributed by atoms with E-state index in [0.29, 0.717) is 17.4 Å². The average Bonchev–Trinajstić information content (AvgIpc) is 3.48. The van der Waals surface area contributed by atoms with Gasteiger partial charge in [0, 0.05) is 6.42 Å². The van der Waals surface area contributed by atoms with E-state index in [9.17, 15) is 19.4 Å². The van der Waals surface area contributed by atoms with Gasteiger partial charge in [-0.2, -0.15) is 0 Å². The van der Waals surface area contributed by atoms with Crippen molar-refractivity contribution in [3.05, 3.63) is 48.6 Å². The second-order valence-corrected chi connectivity index (χ2v) is 28.5. The molecule has 9 heteroatoms. The summed E-state index contributed by atoms with van der Waals surface area (Å²) in [5.74, 6) is -0.169. The number of aliphatic hydroxyl groups excluding tert-OH is 1. The van der Waals surface area contributed by atoms with E-state index in [1.165, 1.54) is 315 Å². The van der Waals surface area contributed by atoms with Gasteiger partial charge in [-0.1, -0.05) is 364 Å². The van der Waals surface area contributed by atoms with Crippen molar-refractivity contribution in [1.29, 1.82) is 0 Å². The lowest BCUT2D eigenvalue weighted by molar-refractivity contribution is -0.870. The van der Waals surface area contributed by atoms with Gasteiger partial charge < -0.3 is 19.8 Å². The van der Waals surface area contributed by atoms with Crippen molar-refractivity contribution in [3.63, 3.8) is 0 Å². The third-order valence-corrected chi connectivity index (χ3v) is 18.3. The topological polar surface area (TPSA) is 105 Å². The Hall–Kier alpha value is -1.54. The zero-order valence-electron chi connectivity index (χ0n) is 57.6. The molecule has 0 aliphatic carbocycles. The van der Waals surface area contributed by atoms with Crippen LogP contribution in [0.15, 0.2) is 48.6 Å². The van der Waals surface area contributed by atoms with E-state index in [-0.39, 0.29) is 19.1 Å². The molecule has 0 aliphatic heterocycles. The second kappa shape index (κ2) is 66.9. The second-order valence-electron chi connectivity index (χ2n) is 27.0. The first-order valence-electron chi connectivity index (χ1n) is 37.5. The molecule has 1 amide bonds. The molecular formula is C76H148N2O6P+. The van der Waals surface area contributed by atoms with E-state index in [0.717, 1.165) is 44.9 Å². The molecule has 0 rings (SSSR count). The van der Waals surface area contributed by atoms with Crippen LogP contribution in [-0.4, -0.2) is 73.4 Å². The van der Waals surface area contributed by atoms with Gasteiger partial charge in [0.2, 0.25) is 5.91 Å². The molecule has 0 saturated carbocycles. The number of amides is 1. The normalized spacial score (nSPS) is 13.8. The highest BCUT2D eigenvalue weighted by atomic mass is 31.2. The Balaban J connectivity index is 3.91. The number of phosphoric ester groups is 1. The summed E-state index contributed by atoms with van der Waals surface area (Å²) in [5.41, 5.74) is 0. The van der Waals surface area contributed by atoms with Gasteiger partial charge in [0.05, 0.1) is 39.9 Å². The molecular weight excluding hydrogens is 1070 g/mol. The quantitative estimate of drug-likeness (QED) is 0.0243. The predicted octanol–water partition coefficient (Wildman–Crippen LogP) is 24.2. The number of carbonyl (C=O) groups excluding carboxylic acids is 1. The average molecular weight is 1220 g/mol. The van der Waals surface area contributed by atoms with Crippen LogP contribution in [0.2, 0.25) is 0 Å². The Morgan fingerprint density at radius 3 is 0.976 bits per heavy atom. The number of quaternary nitrogens is 1. The summed E-state index contributed by atoms with van der Waals surface area (Å²) in [7, 11) is 1.59. The molecule has 3 atom stereocenters. The number of nitrogens with zero attached hydrogens (tertiary/aromatic N) is 1. The molecule has 0 aliphatic rings. The standard InChI is InChI=1S/C76H147N2O6P/c1-6-8-10-12-14-16-18-20-22-24-26-28-30-31-32-33-34-35-36-37-38-39-40-41-42-43-44-45-46-47-48-50-52-54-56-58-60-62-64-66-68-70-76(80)77-74(73-84-85(81,82)83-72-71-78(3,4)5)75(79)69-67-65-63-61-59-57-55-53-51-49-29-27-25-23-21-19-17-15-13-11-9-7-2/h18,20,24,26,30-31,67,69,74-75,79H,6-17,19,21-23,25,27-29,32-66,68,70-73H2,1-5H3,(H-,77,80,81,82)/p+1/b20-18-,26-24-,31-30-,69-67+. The highest BCUT2D eigenvalue weighted by Crippen LogP contribution is 2.43. The fourth-order valence-corrected chi connectivity index (χ4v) is 12.2. The van der Waals surface area contributed by atoms with Crippen LogP contribution in [-0.2, 0) is 18.4 Å². The molecule has 0 aromatic carbocycles. The van der Waals surface area contributed by atoms with E-state index >= 15 is 0 Å². The van der Waals surface area contributed by atoms with Crippen LogP contribution in [0.25, 0.3) is 0 Å². The lowest BCUT2D eigenvalue weighted by atomic mass is 10.0. The maximum absolute atomic E-state index is 13.1. The molecule has 8 nitrogen and oxygen atoms in total. The van der Waals surface area contributed by atoms with E-state index < -0.39 is 20.0 Å². The van der Waals surface area contributed by atoms with Crippen molar-refractivity contribution in [2.75, 3.05) is 40.9 Å². The number of nitrogens with one attached hydrogen (secondary N) is 1. The predicted molar refractivity (Wildman–Crippen MR) is 374 cm³/mol. The van der Waals surface area contributed by atoms with Crippen LogP contribution < -0.4 is 5.32 Å². The molecule has 0 fully saturated rings. The zero-order chi connectivity index (χ0) is 61.9. The molecule has 502 valence electrons. The summed E-state index contributed by atoms with van der Waals surface area (Å²) in [6.07, 6.45) is 91.4. The van der Waals surface area contributed by atoms with Crippen LogP contribution in [0.1, 0.15) is 380 Å². The summed E-state index contributed by atoms with van der Waals surface area (Å²) in [5, 5.41) is 14.0. The summed E-state index contributed by atoms with van der Waals surface area (Å²) in [4.78, 5) is 23.4. The lowest BCUT2D eigenvalue weighted by Gasteiger charge is -2.25. The molecule has 0 radical (unpaired) electrons. The molecule has 3 unspecified atom stereocenters. The maximum Gasteiger partial charge on any atom is 0.472 e. The van der Waals surface area contributed by atoms with Gasteiger partial charge in [-0.3, -0.25) is 13.8 Å². The van der Waals surface area contributed by atoms with Gasteiger partial charge in [0.1, 0.15) is 13.2 Å². The number of likely N-dealkylation sites (N-methyl/N-ethyl adjacent to an activating group) is 1. The highest BCUT2D eigenvalue weighted by Gasteiger charge is 2.28. The van der Waals surface area contributed by atoms with Crippen LogP contribution in [0.3, 0.4) is 0 Å². The Morgan fingerprint density at radius 1 is 0.400 bits per heavy atom. The molecule has 85 heavy (non-hydrogen) atoms. The third kappa shape index (κ3) is 69.8. The lowest BCUT2D eigenvalue weighted by Crippen LogP contribution is -2.45. The summed E-state index contributed by atoms with van der Waals surface area (Å²) in [6.45, 7) is 4.86. The molecule has 0 heterocycles. The largest absolute Gasteiger partial charge is 0.472 e. The first kappa shape index (κ1) is 83.5. The van der Waals surface area contributed by atoms with Gasteiger partial charge in [0.25, 0.3) is 0 Å². The first-order valence-corrected chi connectivity index (χ1v) is 39.0. The number of aliphatic hydroxyl groups is 1. The van der Waals surface area contributed by atoms with E-state index in [4.69, 9.17) is 9.05 Å². The van der Waals surface area contributed by atoms with E-state index in [2.05, 4.69) is 55.6 Å². The van der Waals surface area contributed by atoms with E-state index in [1.807, 2.05) is 27.2 Å². The molecule has 0 saturated heterocycles. The van der Waals surface area contributed by atoms with Gasteiger partial charge in [-0.05, 0) is 57.8 Å². The first-order chi connectivity index (χ1) is 41.5. The SMILES string of the molecule is CCCCCCC/C=C\C/C=C\C/C=C\CCCCCCCCCCCCCCCCCCCCCCCCCCCCC(=O)NC(COP(=O)(O)OCC[N+](C)(C)C)C(O)/C=C/CCCCCCCCCCCCCCCCCCCCCC. The minimum atomic E-state index is -4.35. The maximum atomic E-state index is 13.1. The highest BCUT2D eigenvalue weighted by molar-refractivity contribution is 7.47. The van der Waals surface area contributed by atoms with Crippen molar-refractivity contribution >= 4 is 13.7 Å². The van der Waals surface area contributed by atoms with Crippen molar-refractivity contribution in [2.45, 2.75) is 392 Å². The number of phosphoric acid groups is 1. The van der Waals surface area contributed by atoms with Gasteiger partial charge in [-0.15, -0.1) is 0 Å². The Kier molecular flexibility index (Phi) is 65.7. The number of allylic oxidation sites excluding steroid dienone is 7. The summed E-state index contributed by atoms with van der Waals surface area (Å²) >= 11 is 0. The fraction of sp³-hybridized carbons (Fsp3) is 0.882. The van der Waals surface area contributed by atoms with Crippen molar-refractivity contribution < 1.29 is 32.9 Å². The van der Waals surface area contributed by atoms with Crippen LogP contribution >= 0.6 is 7.82 Å². The smallest absolute Gasteiger partial charge is 0.387 e. The third-order valence-electron chi connectivity index (χ3n) is 17.3. The fourth-order valence-electron chi connectivity index (χ4n) is 11.5. The molecule has 0 aromatic rings. The number of hydrogen-bond donors (Lipinski definition) is 3. The molecule has 0 bridgehead atoms. The Morgan fingerprint density at radius 2 is 0.671 bits per heavy atom. The summed E-state index contributed by atoms with van der Waals surface area (Å²) < 4.78 is 23.8. The minimum Gasteiger partial charge on any atom is -0.387 e. The number of carbonyl (C=O) groups is 1. The van der Waals surface area contributed by atoms with Gasteiger partial charge in [0.15, 0.2) is 0 Å². The number of hydrogen-bond acceptors (Lipinski definition) is 5. The summed E-state index contributed by atoms with van der Waals surface area (Å²) in [6, 6.07) is -0.846. The van der Waals surface area contributed by atoms with Gasteiger partial charge >= 0.3 is 7.82 Å². The van der Waals surface area contributed by atoms with E-state index in [1.54, 1.807) is 6.08 Å².